The lowest BCUT2D eigenvalue weighted by Gasteiger charge is -2.24. The standard InChI is InChI=1S/C13H17BrN2O3S/c14-11-5-13(7-15-6-11)20(17,18)16(12-1-2-12)8-10-3-4-19-9-10/h5-7,10,12H,1-4,8-9H2. The van der Waals surface area contributed by atoms with Gasteiger partial charge in [-0.1, -0.05) is 0 Å². The third-order valence-corrected chi connectivity index (χ3v) is 6.02. The Morgan fingerprint density at radius 1 is 1.35 bits per heavy atom. The van der Waals surface area contributed by atoms with Gasteiger partial charge in [0.05, 0.1) is 6.61 Å². The minimum atomic E-state index is -3.46. The van der Waals surface area contributed by atoms with Crippen LogP contribution in [0.15, 0.2) is 27.8 Å². The summed E-state index contributed by atoms with van der Waals surface area (Å²) < 4.78 is 33.2. The quantitative estimate of drug-likeness (QED) is 0.805. The SMILES string of the molecule is O=S(=O)(c1cncc(Br)c1)N(CC1CCOC1)C1CC1. The van der Waals surface area contributed by atoms with Crippen LogP contribution in [0.5, 0.6) is 0 Å². The molecule has 20 heavy (non-hydrogen) atoms. The lowest BCUT2D eigenvalue weighted by molar-refractivity contribution is 0.180. The van der Waals surface area contributed by atoms with Gasteiger partial charge in [-0.3, -0.25) is 4.98 Å². The molecule has 7 heteroatoms. The van der Waals surface area contributed by atoms with Crippen LogP contribution in [0.25, 0.3) is 0 Å². The van der Waals surface area contributed by atoms with Crippen molar-refractivity contribution in [3.63, 3.8) is 0 Å². The number of hydrogen-bond acceptors (Lipinski definition) is 4. The molecule has 0 spiro atoms. The van der Waals surface area contributed by atoms with Crippen molar-refractivity contribution in [2.75, 3.05) is 19.8 Å². The second-order valence-electron chi connectivity index (χ2n) is 5.37. The normalized spacial score (nSPS) is 23.4. The topological polar surface area (TPSA) is 59.5 Å². The van der Waals surface area contributed by atoms with E-state index in [4.69, 9.17) is 4.74 Å². The van der Waals surface area contributed by atoms with Crippen LogP contribution in [-0.4, -0.2) is 43.5 Å². The van der Waals surface area contributed by atoms with E-state index < -0.39 is 10.0 Å². The molecule has 0 aromatic carbocycles. The highest BCUT2D eigenvalue weighted by Gasteiger charge is 2.39. The smallest absolute Gasteiger partial charge is 0.244 e. The van der Waals surface area contributed by atoms with Gasteiger partial charge in [-0.05, 0) is 47.2 Å². The monoisotopic (exact) mass is 360 g/mol. The molecule has 0 radical (unpaired) electrons. The highest BCUT2D eigenvalue weighted by molar-refractivity contribution is 9.10. The van der Waals surface area contributed by atoms with E-state index in [1.165, 1.54) is 6.20 Å². The summed E-state index contributed by atoms with van der Waals surface area (Å²) in [5.74, 6) is 0.311. The van der Waals surface area contributed by atoms with Crippen molar-refractivity contribution < 1.29 is 13.2 Å². The van der Waals surface area contributed by atoms with E-state index in [9.17, 15) is 8.42 Å². The van der Waals surface area contributed by atoms with Crippen LogP contribution in [-0.2, 0) is 14.8 Å². The number of aromatic nitrogens is 1. The van der Waals surface area contributed by atoms with Crippen molar-refractivity contribution in [2.24, 2.45) is 5.92 Å². The molecule has 3 rings (SSSR count). The zero-order valence-electron chi connectivity index (χ0n) is 11.0. The van der Waals surface area contributed by atoms with E-state index in [-0.39, 0.29) is 10.9 Å². The van der Waals surface area contributed by atoms with Gasteiger partial charge in [-0.15, -0.1) is 0 Å². The molecule has 5 nitrogen and oxygen atoms in total. The second-order valence-corrected chi connectivity index (χ2v) is 8.18. The summed E-state index contributed by atoms with van der Waals surface area (Å²) in [5, 5.41) is 0. The fraction of sp³-hybridized carbons (Fsp3) is 0.615. The van der Waals surface area contributed by atoms with Crippen LogP contribution in [0.1, 0.15) is 19.3 Å². The first kappa shape index (κ1) is 14.4. The van der Waals surface area contributed by atoms with Crippen molar-refractivity contribution >= 4 is 26.0 Å². The predicted octanol–water partition coefficient (Wildman–Crippen LogP) is 2.03. The van der Waals surface area contributed by atoms with E-state index in [1.807, 2.05) is 0 Å². The third-order valence-electron chi connectivity index (χ3n) is 3.70. The van der Waals surface area contributed by atoms with Crippen LogP contribution in [0.4, 0.5) is 0 Å². The highest BCUT2D eigenvalue weighted by Crippen LogP contribution is 2.34. The number of rotatable bonds is 5. The minimum Gasteiger partial charge on any atom is -0.381 e. The summed E-state index contributed by atoms with van der Waals surface area (Å²) in [7, 11) is -3.46. The second kappa shape index (κ2) is 5.71. The summed E-state index contributed by atoms with van der Waals surface area (Å²) in [5.41, 5.74) is 0. The summed E-state index contributed by atoms with van der Waals surface area (Å²) >= 11 is 3.28. The summed E-state index contributed by atoms with van der Waals surface area (Å²) in [6, 6.07) is 1.77. The van der Waals surface area contributed by atoms with E-state index >= 15 is 0 Å². The van der Waals surface area contributed by atoms with E-state index in [0.29, 0.717) is 23.5 Å². The molecule has 0 bridgehead atoms. The van der Waals surface area contributed by atoms with Gasteiger partial charge in [0, 0.05) is 36.1 Å². The van der Waals surface area contributed by atoms with Crippen molar-refractivity contribution in [1.82, 2.24) is 9.29 Å². The van der Waals surface area contributed by atoms with Gasteiger partial charge in [0.1, 0.15) is 4.90 Å². The Bertz CT molecular complexity index is 583. The minimum absolute atomic E-state index is 0.152. The van der Waals surface area contributed by atoms with E-state index in [1.54, 1.807) is 16.6 Å². The average Bonchev–Trinajstić information content (AvgIpc) is 3.12. The van der Waals surface area contributed by atoms with Crippen molar-refractivity contribution in [3.05, 3.63) is 22.9 Å². The van der Waals surface area contributed by atoms with E-state index in [2.05, 4.69) is 20.9 Å². The van der Waals surface area contributed by atoms with Crippen LogP contribution >= 0.6 is 15.9 Å². The predicted molar refractivity (Wildman–Crippen MR) is 77.8 cm³/mol. The van der Waals surface area contributed by atoms with Gasteiger partial charge in [0.15, 0.2) is 0 Å². The lowest BCUT2D eigenvalue weighted by atomic mass is 10.1. The Labute approximate surface area is 127 Å². The van der Waals surface area contributed by atoms with Gasteiger partial charge < -0.3 is 4.74 Å². The first-order valence-corrected chi connectivity index (χ1v) is 9.01. The Hall–Kier alpha value is -0.500. The molecule has 1 saturated carbocycles. The van der Waals surface area contributed by atoms with E-state index in [0.717, 1.165) is 25.9 Å². The number of halogens is 1. The van der Waals surface area contributed by atoms with Gasteiger partial charge in [-0.2, -0.15) is 4.31 Å². The van der Waals surface area contributed by atoms with Crippen LogP contribution in [0.3, 0.4) is 0 Å². The van der Waals surface area contributed by atoms with Crippen molar-refractivity contribution in [2.45, 2.75) is 30.2 Å². The maximum Gasteiger partial charge on any atom is 0.244 e. The maximum absolute atomic E-state index is 12.8. The molecule has 1 saturated heterocycles. The summed E-state index contributed by atoms with van der Waals surface area (Å²) in [4.78, 5) is 4.23. The highest BCUT2D eigenvalue weighted by atomic mass is 79.9. The summed E-state index contributed by atoms with van der Waals surface area (Å²) in [6.07, 6.45) is 5.85. The molecular weight excluding hydrogens is 344 g/mol. The van der Waals surface area contributed by atoms with Gasteiger partial charge in [0.2, 0.25) is 10.0 Å². The number of nitrogens with zero attached hydrogens (tertiary/aromatic N) is 2. The molecule has 2 fully saturated rings. The Kier molecular flexibility index (Phi) is 4.12. The van der Waals surface area contributed by atoms with Gasteiger partial charge in [0.25, 0.3) is 0 Å². The maximum atomic E-state index is 12.8. The number of hydrogen-bond donors (Lipinski definition) is 0. The Morgan fingerprint density at radius 3 is 2.75 bits per heavy atom. The molecule has 1 aromatic rings. The van der Waals surface area contributed by atoms with Gasteiger partial charge >= 0.3 is 0 Å². The van der Waals surface area contributed by atoms with Crippen LogP contribution < -0.4 is 0 Å². The Balaban J connectivity index is 1.85. The molecule has 1 aliphatic carbocycles. The van der Waals surface area contributed by atoms with Gasteiger partial charge in [-0.25, -0.2) is 8.42 Å². The fourth-order valence-corrected chi connectivity index (χ4v) is 4.72. The largest absolute Gasteiger partial charge is 0.381 e. The molecule has 110 valence electrons. The molecule has 2 heterocycles. The van der Waals surface area contributed by atoms with Crippen molar-refractivity contribution in [1.29, 1.82) is 0 Å². The first-order chi connectivity index (χ1) is 9.57. The molecule has 1 aliphatic heterocycles. The van der Waals surface area contributed by atoms with Crippen LogP contribution in [0, 0.1) is 5.92 Å². The zero-order chi connectivity index (χ0) is 14.2. The molecule has 0 amide bonds. The molecule has 0 N–H and O–H groups in total. The molecule has 1 unspecified atom stereocenters. The first-order valence-electron chi connectivity index (χ1n) is 6.77. The molecular formula is C13H17BrN2O3S. The molecule has 1 aromatic heterocycles. The number of ether oxygens (including phenoxy) is 1. The number of sulfonamides is 1. The lowest BCUT2D eigenvalue weighted by Crippen LogP contribution is -2.37. The average molecular weight is 361 g/mol. The number of pyridine rings is 1. The fourth-order valence-electron chi connectivity index (χ4n) is 2.46. The van der Waals surface area contributed by atoms with Crippen molar-refractivity contribution in [3.8, 4) is 0 Å². The van der Waals surface area contributed by atoms with Crippen LogP contribution in [0.2, 0.25) is 0 Å². The molecule has 1 atom stereocenters. The Morgan fingerprint density at radius 2 is 2.15 bits per heavy atom. The summed E-state index contributed by atoms with van der Waals surface area (Å²) in [6.45, 7) is 1.96. The third kappa shape index (κ3) is 3.05. The zero-order valence-corrected chi connectivity index (χ0v) is 13.4. The molecule has 2 aliphatic rings.